The Morgan fingerprint density at radius 1 is 0.941 bits per heavy atom. The van der Waals surface area contributed by atoms with E-state index in [9.17, 15) is 4.79 Å². The van der Waals surface area contributed by atoms with Gasteiger partial charge in [-0.2, -0.15) is 0 Å². The summed E-state index contributed by atoms with van der Waals surface area (Å²) >= 11 is 1.30. The van der Waals surface area contributed by atoms with Crippen molar-refractivity contribution in [1.29, 1.82) is 0 Å². The van der Waals surface area contributed by atoms with Gasteiger partial charge in [-0.25, -0.2) is 4.98 Å². The molecule has 0 saturated carbocycles. The largest absolute Gasteiger partial charge is 0.369 e. The Labute approximate surface area is 201 Å². The molecule has 3 aromatic carbocycles. The number of nitrogens with zero attached hydrogens (tertiary/aromatic N) is 4. The van der Waals surface area contributed by atoms with Crippen LogP contribution in [0.25, 0.3) is 39.2 Å². The monoisotopic (exact) mass is 465 g/mol. The summed E-state index contributed by atoms with van der Waals surface area (Å²) in [6, 6.07) is 28.3. The van der Waals surface area contributed by atoms with Crippen LogP contribution < -0.4 is 5.73 Å². The molecule has 2 N–H and O–H groups in total. The van der Waals surface area contributed by atoms with E-state index >= 15 is 0 Å². The Hall–Kier alpha value is -3.97. The first-order valence-electron chi connectivity index (χ1n) is 11.0. The van der Waals surface area contributed by atoms with Gasteiger partial charge in [0.05, 0.1) is 16.5 Å². The maximum Gasteiger partial charge on any atom is 0.230 e. The lowest BCUT2D eigenvalue weighted by atomic mass is 10.0. The fourth-order valence-electron chi connectivity index (χ4n) is 3.78. The van der Waals surface area contributed by atoms with Crippen molar-refractivity contribution in [2.45, 2.75) is 24.3 Å². The van der Waals surface area contributed by atoms with Crippen molar-refractivity contribution < 1.29 is 4.79 Å². The maximum atomic E-state index is 11.8. The Bertz CT molecular complexity index is 1480. The van der Waals surface area contributed by atoms with Crippen molar-refractivity contribution in [1.82, 2.24) is 19.7 Å². The molecule has 0 bridgehead atoms. The summed E-state index contributed by atoms with van der Waals surface area (Å²) in [7, 11) is 0. The van der Waals surface area contributed by atoms with Crippen molar-refractivity contribution in [3.63, 3.8) is 0 Å². The smallest absolute Gasteiger partial charge is 0.230 e. The minimum absolute atomic E-state index is 0.398. The molecule has 0 aliphatic carbocycles. The number of thioether (sulfide) groups is 1. The van der Waals surface area contributed by atoms with E-state index in [2.05, 4.69) is 47.5 Å². The number of carbonyl (C=O) groups excluding carboxylic acids is 1. The number of hydrogen-bond donors (Lipinski definition) is 1. The fourth-order valence-corrected chi connectivity index (χ4v) is 4.60. The van der Waals surface area contributed by atoms with Gasteiger partial charge in [-0.05, 0) is 38.1 Å². The van der Waals surface area contributed by atoms with Crippen molar-refractivity contribution in [3.05, 3.63) is 90.5 Å². The molecule has 0 spiro atoms. The lowest BCUT2D eigenvalue weighted by molar-refractivity contribution is -0.117. The highest BCUT2D eigenvalue weighted by molar-refractivity contribution is 8.00. The minimum atomic E-state index is -0.447. The predicted octanol–water partition coefficient (Wildman–Crippen LogP) is 5.42. The molecule has 0 fully saturated rings. The molecule has 0 aliphatic rings. The van der Waals surface area contributed by atoms with Gasteiger partial charge in [0.2, 0.25) is 5.91 Å². The van der Waals surface area contributed by atoms with Crippen LogP contribution in [0.15, 0.2) is 90.1 Å². The van der Waals surface area contributed by atoms with Crippen molar-refractivity contribution in [2.75, 3.05) is 0 Å². The molecule has 5 rings (SSSR count). The lowest BCUT2D eigenvalue weighted by Crippen LogP contribution is -2.23. The highest BCUT2D eigenvalue weighted by atomic mass is 32.2. The molecule has 7 heteroatoms. The molecule has 5 aromatic rings. The van der Waals surface area contributed by atoms with Gasteiger partial charge in [0.1, 0.15) is 0 Å². The van der Waals surface area contributed by atoms with Crippen LogP contribution in [0, 0.1) is 6.92 Å². The van der Waals surface area contributed by atoms with E-state index in [0.29, 0.717) is 11.0 Å². The van der Waals surface area contributed by atoms with Crippen LogP contribution >= 0.6 is 11.8 Å². The van der Waals surface area contributed by atoms with Crippen molar-refractivity contribution >= 4 is 28.6 Å². The van der Waals surface area contributed by atoms with Crippen LogP contribution in [0.5, 0.6) is 0 Å². The van der Waals surface area contributed by atoms with Gasteiger partial charge in [0.15, 0.2) is 11.0 Å². The highest BCUT2D eigenvalue weighted by Gasteiger charge is 2.22. The first kappa shape index (κ1) is 21.9. The third kappa shape index (κ3) is 4.18. The third-order valence-electron chi connectivity index (χ3n) is 5.64. The van der Waals surface area contributed by atoms with Gasteiger partial charge < -0.3 is 5.73 Å². The van der Waals surface area contributed by atoms with Gasteiger partial charge in [0, 0.05) is 22.2 Å². The van der Waals surface area contributed by atoms with E-state index in [1.165, 1.54) is 17.3 Å². The number of fused-ring (bicyclic) bond motifs is 1. The van der Waals surface area contributed by atoms with E-state index in [1.54, 1.807) is 6.92 Å². The van der Waals surface area contributed by atoms with E-state index in [-0.39, 0.29) is 0 Å². The third-order valence-corrected chi connectivity index (χ3v) is 6.70. The number of aromatic nitrogens is 4. The predicted molar refractivity (Wildman–Crippen MR) is 137 cm³/mol. The summed E-state index contributed by atoms with van der Waals surface area (Å²) in [6.45, 7) is 3.84. The summed E-state index contributed by atoms with van der Waals surface area (Å²) in [4.78, 5) is 16.7. The Kier molecular flexibility index (Phi) is 5.86. The molecule has 6 nitrogen and oxygen atoms in total. The molecule has 34 heavy (non-hydrogen) atoms. The molecular formula is C27H23N5OS. The molecule has 0 radical (unpaired) electrons. The first-order valence-corrected chi connectivity index (χ1v) is 11.8. The standard InChI is InChI=1S/C27H23N5OS/c1-17-12-14-19(15-13-17)24-16-22(21-10-6-7-11-23(21)29-24)26-30-31-27(34-18(2)25(28)33)32(26)20-8-4-3-5-9-20/h3-16,18H,1-2H3,(H2,28,33). The molecule has 1 amide bonds. The second-order valence-corrected chi connectivity index (χ2v) is 9.39. The number of carbonyl (C=O) groups is 1. The molecule has 168 valence electrons. The lowest BCUT2D eigenvalue weighted by Gasteiger charge is -2.14. The normalized spacial score (nSPS) is 12.1. The zero-order valence-corrected chi connectivity index (χ0v) is 19.7. The molecule has 2 aromatic heterocycles. The molecule has 0 saturated heterocycles. The number of nitrogens with two attached hydrogens (primary N) is 1. The Morgan fingerprint density at radius 2 is 1.65 bits per heavy atom. The van der Waals surface area contributed by atoms with E-state index < -0.39 is 11.2 Å². The van der Waals surface area contributed by atoms with Gasteiger partial charge in [-0.1, -0.05) is 78.0 Å². The second kappa shape index (κ2) is 9.11. The Balaban J connectivity index is 1.75. The number of aryl methyl sites for hydroxylation is 1. The Morgan fingerprint density at radius 3 is 2.38 bits per heavy atom. The van der Waals surface area contributed by atoms with Crippen molar-refractivity contribution in [3.8, 4) is 28.3 Å². The van der Waals surface area contributed by atoms with E-state index in [0.717, 1.165) is 33.4 Å². The fraction of sp³-hybridized carbons (Fsp3) is 0.111. The van der Waals surface area contributed by atoms with E-state index in [1.807, 2.05) is 59.2 Å². The van der Waals surface area contributed by atoms with Gasteiger partial charge in [0.25, 0.3) is 0 Å². The average molecular weight is 466 g/mol. The number of pyridine rings is 1. The van der Waals surface area contributed by atoms with Crippen LogP contribution in [0.4, 0.5) is 0 Å². The zero-order chi connectivity index (χ0) is 23.7. The number of rotatable bonds is 6. The van der Waals surface area contributed by atoms with Crippen LogP contribution in [0.1, 0.15) is 12.5 Å². The number of primary amides is 1. The summed E-state index contributed by atoms with van der Waals surface area (Å²) in [5, 5.41) is 10.2. The van der Waals surface area contributed by atoms with Crippen LogP contribution in [0.3, 0.4) is 0 Å². The number of hydrogen-bond acceptors (Lipinski definition) is 5. The van der Waals surface area contributed by atoms with E-state index in [4.69, 9.17) is 10.7 Å². The topological polar surface area (TPSA) is 86.7 Å². The maximum absolute atomic E-state index is 11.8. The van der Waals surface area contributed by atoms with Crippen LogP contribution in [0.2, 0.25) is 0 Å². The van der Waals surface area contributed by atoms with Crippen LogP contribution in [-0.2, 0) is 4.79 Å². The number of benzene rings is 3. The van der Waals surface area contributed by atoms with Gasteiger partial charge in [-0.3, -0.25) is 9.36 Å². The minimum Gasteiger partial charge on any atom is -0.369 e. The molecule has 1 atom stereocenters. The zero-order valence-electron chi connectivity index (χ0n) is 18.8. The average Bonchev–Trinajstić information content (AvgIpc) is 3.27. The first-order chi connectivity index (χ1) is 16.5. The molecular weight excluding hydrogens is 442 g/mol. The van der Waals surface area contributed by atoms with Gasteiger partial charge >= 0.3 is 0 Å². The van der Waals surface area contributed by atoms with Gasteiger partial charge in [-0.15, -0.1) is 10.2 Å². The summed E-state index contributed by atoms with van der Waals surface area (Å²) in [5.74, 6) is 0.280. The van der Waals surface area contributed by atoms with Crippen LogP contribution in [-0.4, -0.2) is 30.9 Å². The summed E-state index contributed by atoms with van der Waals surface area (Å²) in [5.41, 5.74) is 11.3. The summed E-state index contributed by atoms with van der Waals surface area (Å²) < 4.78 is 1.98. The summed E-state index contributed by atoms with van der Waals surface area (Å²) in [6.07, 6.45) is 0. The van der Waals surface area contributed by atoms with Crippen molar-refractivity contribution in [2.24, 2.45) is 5.73 Å². The number of amides is 1. The molecule has 0 aliphatic heterocycles. The molecule has 2 heterocycles. The SMILES string of the molecule is Cc1ccc(-c2cc(-c3nnc(SC(C)C(N)=O)n3-c3ccccc3)c3ccccc3n2)cc1. The molecule has 1 unspecified atom stereocenters. The second-order valence-electron chi connectivity index (χ2n) is 8.08. The quantitative estimate of drug-likeness (QED) is 0.338. The number of para-hydroxylation sites is 2. The highest BCUT2D eigenvalue weighted by Crippen LogP contribution is 2.35.